The quantitative estimate of drug-likeness (QED) is 0.544. The lowest BCUT2D eigenvalue weighted by Gasteiger charge is -2.02. The van der Waals surface area contributed by atoms with Crippen LogP contribution in [-0.2, 0) is 6.42 Å². The summed E-state index contributed by atoms with van der Waals surface area (Å²) in [6.45, 7) is 3.32. The fraction of sp³-hybridized carbons (Fsp3) is 0.467. The Morgan fingerprint density at radius 3 is 2.69 bits per heavy atom. The summed E-state index contributed by atoms with van der Waals surface area (Å²) in [4.78, 5) is 0. The van der Waals surface area contributed by atoms with E-state index in [4.69, 9.17) is 0 Å². The van der Waals surface area contributed by atoms with Crippen molar-refractivity contribution in [3.05, 3.63) is 47.5 Å². The van der Waals surface area contributed by atoms with Gasteiger partial charge in [-0.1, -0.05) is 42.0 Å². The molecule has 0 saturated carbocycles. The molecule has 1 aromatic carbocycles. The van der Waals surface area contributed by atoms with Crippen LogP contribution >= 0.6 is 0 Å². The van der Waals surface area contributed by atoms with Gasteiger partial charge in [0.25, 0.3) is 0 Å². The third kappa shape index (κ3) is 5.72. The van der Waals surface area contributed by atoms with E-state index in [9.17, 15) is 0 Å². The standard InChI is InChI=1S/C15H23N/c1-14(9-7-13-16-2)8-6-12-15-10-4-3-5-11-15/h3-5,9-11,16H,6-8,12-13H2,1-2H3. The molecule has 0 amide bonds. The van der Waals surface area contributed by atoms with Gasteiger partial charge in [-0.15, -0.1) is 0 Å². The normalized spacial score (nSPS) is 11.8. The Hall–Kier alpha value is -1.08. The van der Waals surface area contributed by atoms with Crippen molar-refractivity contribution < 1.29 is 0 Å². The van der Waals surface area contributed by atoms with Crippen LogP contribution in [0.5, 0.6) is 0 Å². The number of rotatable bonds is 7. The molecular formula is C15H23N. The zero-order chi connectivity index (χ0) is 11.6. The maximum Gasteiger partial charge on any atom is -0.00172 e. The summed E-state index contributed by atoms with van der Waals surface area (Å²) in [5.41, 5.74) is 2.97. The highest BCUT2D eigenvalue weighted by Gasteiger charge is 1.93. The Morgan fingerprint density at radius 2 is 2.00 bits per heavy atom. The fourth-order valence-electron chi connectivity index (χ4n) is 1.78. The minimum absolute atomic E-state index is 1.08. The van der Waals surface area contributed by atoms with Crippen molar-refractivity contribution in [2.45, 2.75) is 32.6 Å². The van der Waals surface area contributed by atoms with Crippen molar-refractivity contribution in [1.29, 1.82) is 0 Å². The number of benzene rings is 1. The first-order valence-corrected chi connectivity index (χ1v) is 6.17. The largest absolute Gasteiger partial charge is 0.319 e. The second kappa shape index (κ2) is 8.12. The average Bonchev–Trinajstić information content (AvgIpc) is 2.31. The molecule has 1 aromatic rings. The van der Waals surface area contributed by atoms with Crippen LogP contribution in [0.3, 0.4) is 0 Å². The topological polar surface area (TPSA) is 12.0 Å². The van der Waals surface area contributed by atoms with Gasteiger partial charge in [0.05, 0.1) is 0 Å². The lowest BCUT2D eigenvalue weighted by molar-refractivity contribution is 0.781. The van der Waals surface area contributed by atoms with Gasteiger partial charge in [-0.3, -0.25) is 0 Å². The Bertz CT molecular complexity index is 300. The van der Waals surface area contributed by atoms with E-state index in [-0.39, 0.29) is 0 Å². The van der Waals surface area contributed by atoms with Crippen LogP contribution in [-0.4, -0.2) is 13.6 Å². The maximum atomic E-state index is 3.16. The summed E-state index contributed by atoms with van der Waals surface area (Å²) in [6, 6.07) is 10.7. The van der Waals surface area contributed by atoms with Gasteiger partial charge in [-0.25, -0.2) is 0 Å². The summed E-state index contributed by atoms with van der Waals surface area (Å²) in [7, 11) is 2.00. The smallest absolute Gasteiger partial charge is 0.00172 e. The number of hydrogen-bond acceptors (Lipinski definition) is 1. The lowest BCUT2D eigenvalue weighted by atomic mass is 10.0. The molecule has 1 heteroatoms. The summed E-state index contributed by atoms with van der Waals surface area (Å²) < 4.78 is 0. The van der Waals surface area contributed by atoms with E-state index in [2.05, 4.69) is 48.6 Å². The Morgan fingerprint density at radius 1 is 1.25 bits per heavy atom. The molecule has 0 spiro atoms. The minimum atomic E-state index is 1.08. The SMILES string of the molecule is CNCCC=C(C)CCCc1ccccc1. The van der Waals surface area contributed by atoms with Crippen molar-refractivity contribution >= 4 is 0 Å². The summed E-state index contributed by atoms with van der Waals surface area (Å²) in [5.74, 6) is 0. The first-order chi connectivity index (χ1) is 7.83. The molecule has 0 aliphatic heterocycles. The molecule has 0 heterocycles. The highest BCUT2D eigenvalue weighted by atomic mass is 14.8. The van der Waals surface area contributed by atoms with Crippen LogP contribution in [0.15, 0.2) is 42.0 Å². The van der Waals surface area contributed by atoms with Gasteiger partial charge in [0.15, 0.2) is 0 Å². The van der Waals surface area contributed by atoms with Crippen LogP contribution in [0.4, 0.5) is 0 Å². The highest BCUT2D eigenvalue weighted by molar-refractivity contribution is 5.14. The second-order valence-electron chi connectivity index (χ2n) is 4.28. The molecule has 0 unspecified atom stereocenters. The van der Waals surface area contributed by atoms with Crippen LogP contribution in [0.2, 0.25) is 0 Å². The van der Waals surface area contributed by atoms with Crippen molar-refractivity contribution in [3.8, 4) is 0 Å². The fourth-order valence-corrected chi connectivity index (χ4v) is 1.78. The van der Waals surface area contributed by atoms with E-state index in [0.717, 1.165) is 13.0 Å². The van der Waals surface area contributed by atoms with E-state index < -0.39 is 0 Å². The van der Waals surface area contributed by atoms with Crippen LogP contribution in [0, 0.1) is 0 Å². The molecule has 16 heavy (non-hydrogen) atoms. The molecule has 0 aliphatic carbocycles. The molecule has 0 saturated heterocycles. The van der Waals surface area contributed by atoms with E-state index in [1.807, 2.05) is 7.05 Å². The average molecular weight is 217 g/mol. The van der Waals surface area contributed by atoms with Crippen LogP contribution < -0.4 is 5.32 Å². The Labute approximate surface area is 99.6 Å². The number of allylic oxidation sites excluding steroid dienone is 1. The molecule has 0 bridgehead atoms. The highest BCUT2D eigenvalue weighted by Crippen LogP contribution is 2.09. The van der Waals surface area contributed by atoms with E-state index in [0.29, 0.717) is 0 Å². The van der Waals surface area contributed by atoms with E-state index in [1.165, 1.54) is 30.4 Å². The van der Waals surface area contributed by atoms with Gasteiger partial charge >= 0.3 is 0 Å². The van der Waals surface area contributed by atoms with Crippen molar-refractivity contribution in [2.24, 2.45) is 0 Å². The summed E-state index contributed by atoms with van der Waals surface area (Å²) >= 11 is 0. The summed E-state index contributed by atoms with van der Waals surface area (Å²) in [6.07, 6.45) is 7.16. The van der Waals surface area contributed by atoms with Gasteiger partial charge in [0.1, 0.15) is 0 Å². The number of nitrogens with one attached hydrogen (secondary N) is 1. The van der Waals surface area contributed by atoms with Crippen molar-refractivity contribution in [1.82, 2.24) is 5.32 Å². The predicted molar refractivity (Wildman–Crippen MR) is 71.7 cm³/mol. The molecule has 0 aromatic heterocycles. The zero-order valence-electron chi connectivity index (χ0n) is 10.5. The Kier molecular flexibility index (Phi) is 6.59. The van der Waals surface area contributed by atoms with E-state index in [1.54, 1.807) is 0 Å². The van der Waals surface area contributed by atoms with E-state index >= 15 is 0 Å². The monoisotopic (exact) mass is 217 g/mol. The molecule has 1 N–H and O–H groups in total. The molecule has 1 nitrogen and oxygen atoms in total. The first kappa shape index (κ1) is 13.0. The summed E-state index contributed by atoms with van der Waals surface area (Å²) in [5, 5.41) is 3.16. The maximum absolute atomic E-state index is 3.16. The minimum Gasteiger partial charge on any atom is -0.319 e. The zero-order valence-corrected chi connectivity index (χ0v) is 10.5. The van der Waals surface area contributed by atoms with Crippen molar-refractivity contribution in [3.63, 3.8) is 0 Å². The number of aryl methyl sites for hydroxylation is 1. The van der Waals surface area contributed by atoms with Crippen LogP contribution in [0.1, 0.15) is 31.7 Å². The molecule has 1 rings (SSSR count). The molecule has 0 aliphatic rings. The van der Waals surface area contributed by atoms with Gasteiger partial charge < -0.3 is 5.32 Å². The lowest BCUT2D eigenvalue weighted by Crippen LogP contribution is -2.06. The third-order valence-corrected chi connectivity index (χ3v) is 2.77. The Balaban J connectivity index is 2.18. The molecule has 0 radical (unpaired) electrons. The predicted octanol–water partition coefficient (Wildman–Crippen LogP) is 3.57. The molecule has 88 valence electrons. The first-order valence-electron chi connectivity index (χ1n) is 6.17. The van der Waals surface area contributed by atoms with Crippen LogP contribution in [0.25, 0.3) is 0 Å². The van der Waals surface area contributed by atoms with Gasteiger partial charge in [0.2, 0.25) is 0 Å². The molecular weight excluding hydrogens is 194 g/mol. The third-order valence-electron chi connectivity index (χ3n) is 2.77. The number of hydrogen-bond donors (Lipinski definition) is 1. The molecule has 0 atom stereocenters. The molecule has 0 fully saturated rings. The van der Waals surface area contributed by atoms with Gasteiger partial charge in [-0.05, 0) is 51.8 Å². The van der Waals surface area contributed by atoms with Gasteiger partial charge in [0, 0.05) is 0 Å². The van der Waals surface area contributed by atoms with Gasteiger partial charge in [-0.2, -0.15) is 0 Å². The second-order valence-corrected chi connectivity index (χ2v) is 4.28. The van der Waals surface area contributed by atoms with Crippen molar-refractivity contribution in [2.75, 3.05) is 13.6 Å².